The predicted molar refractivity (Wildman–Crippen MR) is 83.1 cm³/mol. The van der Waals surface area contributed by atoms with Crippen molar-refractivity contribution in [2.75, 3.05) is 32.1 Å². The number of rotatable bonds is 8. The molecule has 0 heterocycles. The zero-order chi connectivity index (χ0) is 15.0. The number of carbonyl (C=O) groups is 1. The van der Waals surface area contributed by atoms with E-state index in [0.29, 0.717) is 11.4 Å². The summed E-state index contributed by atoms with van der Waals surface area (Å²) in [5.74, 6) is 0.0381. The first kappa shape index (κ1) is 20.2. The predicted octanol–water partition coefficient (Wildman–Crippen LogP) is 0.331. The largest absolute Gasteiger partial charge is 1.00 e. The fourth-order valence-corrected chi connectivity index (χ4v) is 2.56. The van der Waals surface area contributed by atoms with Crippen LogP contribution in [0, 0.1) is 0 Å². The summed E-state index contributed by atoms with van der Waals surface area (Å²) in [5, 5.41) is 0. The van der Waals surface area contributed by atoms with E-state index in [1.165, 1.54) is 0 Å². The third-order valence-corrected chi connectivity index (χ3v) is 4.40. The molecule has 0 N–H and O–H groups in total. The van der Waals surface area contributed by atoms with Crippen molar-refractivity contribution < 1.29 is 26.4 Å². The number of hydrogen-bond acceptors (Lipinski definition) is 2. The first-order valence-corrected chi connectivity index (χ1v) is 7.81. The summed E-state index contributed by atoms with van der Waals surface area (Å²) in [4.78, 5) is 12.1. The molecule has 0 aliphatic heterocycles. The molecule has 21 heavy (non-hydrogen) atoms. The summed E-state index contributed by atoms with van der Waals surface area (Å²) in [5.41, 5.74) is 0.574. The van der Waals surface area contributed by atoms with Gasteiger partial charge in [0.2, 0.25) is 0 Å². The van der Waals surface area contributed by atoms with Gasteiger partial charge in [-0.05, 0) is 32.9 Å². The Kier molecular flexibility index (Phi) is 9.67. The van der Waals surface area contributed by atoms with Crippen molar-refractivity contribution in [3.8, 4) is 0 Å². The first-order chi connectivity index (χ1) is 9.60. The lowest BCUT2D eigenvalue weighted by Crippen LogP contribution is -3.00. The molecule has 1 atom stereocenters. The Hall–Kier alpha value is -0.770. The fourth-order valence-electron chi connectivity index (χ4n) is 2.40. The van der Waals surface area contributed by atoms with Gasteiger partial charge in [-0.1, -0.05) is 18.2 Å². The monoisotopic (exact) mass is 333 g/mol. The van der Waals surface area contributed by atoms with Crippen LogP contribution in [0.3, 0.4) is 0 Å². The minimum atomic E-state index is -0.294. The Bertz CT molecular complexity index is 400. The second kappa shape index (κ2) is 10.0. The van der Waals surface area contributed by atoms with Crippen LogP contribution in [-0.4, -0.2) is 48.6 Å². The molecule has 1 aromatic carbocycles. The highest BCUT2D eigenvalue weighted by atomic mass is 35.5. The van der Waals surface area contributed by atoms with Gasteiger partial charge in [0.1, 0.15) is 6.54 Å². The molecule has 3 nitrogen and oxygen atoms in total. The lowest BCUT2D eigenvalue weighted by Gasteiger charge is -2.37. The summed E-state index contributed by atoms with van der Waals surface area (Å²) in [6.07, 6.45) is -0.246. The van der Waals surface area contributed by atoms with Crippen LogP contribution in [0.25, 0.3) is 0 Å². The Labute approximate surface area is 139 Å². The van der Waals surface area contributed by atoms with Crippen LogP contribution in [0.4, 0.5) is 0 Å². The lowest BCUT2D eigenvalue weighted by molar-refractivity contribution is -0.925. The summed E-state index contributed by atoms with van der Waals surface area (Å²) < 4.78 is 6.48. The van der Waals surface area contributed by atoms with E-state index in [-0.39, 0.29) is 24.5 Å². The van der Waals surface area contributed by atoms with E-state index in [2.05, 4.69) is 20.8 Å². The van der Waals surface area contributed by atoms with E-state index in [1.54, 1.807) is 12.1 Å². The molecule has 120 valence electrons. The number of hydrogen-bond donors (Lipinski definition) is 0. The highest BCUT2D eigenvalue weighted by Crippen LogP contribution is 2.12. The van der Waals surface area contributed by atoms with Gasteiger partial charge < -0.3 is 21.6 Å². The highest BCUT2D eigenvalue weighted by Gasteiger charge is 2.28. The third kappa shape index (κ3) is 5.85. The number of likely N-dealkylation sites (N-methyl/N-ethyl adjacent to an activating group) is 1. The van der Waals surface area contributed by atoms with E-state index in [1.807, 2.05) is 18.2 Å². The number of nitrogens with zero attached hydrogens (tertiary/aromatic N) is 1. The smallest absolute Gasteiger partial charge is 0.338 e. The molecular weight excluding hydrogens is 309 g/mol. The third-order valence-electron chi connectivity index (χ3n) is 4.06. The average molecular weight is 334 g/mol. The van der Waals surface area contributed by atoms with Crippen molar-refractivity contribution in [1.82, 2.24) is 0 Å². The second-order valence-corrected chi connectivity index (χ2v) is 5.33. The summed E-state index contributed by atoms with van der Waals surface area (Å²) in [6.45, 7) is 10.3. The van der Waals surface area contributed by atoms with Gasteiger partial charge in [-0.15, -0.1) is 11.6 Å². The van der Waals surface area contributed by atoms with E-state index in [9.17, 15) is 4.79 Å². The van der Waals surface area contributed by atoms with Crippen molar-refractivity contribution in [2.45, 2.75) is 26.9 Å². The van der Waals surface area contributed by atoms with Crippen molar-refractivity contribution in [1.29, 1.82) is 0 Å². The van der Waals surface area contributed by atoms with Gasteiger partial charge in [0.05, 0.1) is 31.1 Å². The maximum Gasteiger partial charge on any atom is 0.338 e. The molecule has 0 aliphatic carbocycles. The van der Waals surface area contributed by atoms with Gasteiger partial charge in [0.15, 0.2) is 6.10 Å². The van der Waals surface area contributed by atoms with E-state index in [0.717, 1.165) is 30.7 Å². The molecule has 0 aliphatic rings. The van der Waals surface area contributed by atoms with Gasteiger partial charge in [-0.3, -0.25) is 0 Å². The highest BCUT2D eigenvalue weighted by molar-refractivity contribution is 6.18. The van der Waals surface area contributed by atoms with Crippen LogP contribution in [0.5, 0.6) is 0 Å². The molecule has 0 bridgehead atoms. The van der Waals surface area contributed by atoms with Gasteiger partial charge in [-0.25, -0.2) is 4.79 Å². The number of ether oxygens (including phenoxy) is 1. The SMILES string of the molecule is CC[N+](CC)(CC)CC(CCl)OC(=O)c1ccccc1.[Cl-]. The Morgan fingerprint density at radius 1 is 1.14 bits per heavy atom. The molecular formula is C16H25Cl2NO2. The van der Waals surface area contributed by atoms with E-state index in [4.69, 9.17) is 16.3 Å². The van der Waals surface area contributed by atoms with Crippen LogP contribution < -0.4 is 12.4 Å². The van der Waals surface area contributed by atoms with Gasteiger partial charge in [0.25, 0.3) is 0 Å². The minimum absolute atomic E-state index is 0. The summed E-state index contributed by atoms with van der Waals surface area (Å²) in [7, 11) is 0. The zero-order valence-corrected chi connectivity index (χ0v) is 14.5. The Balaban J connectivity index is 0.00000400. The molecule has 0 fully saturated rings. The lowest BCUT2D eigenvalue weighted by atomic mass is 10.2. The molecule has 1 rings (SSSR count). The summed E-state index contributed by atoms with van der Waals surface area (Å²) >= 11 is 5.99. The molecule has 1 unspecified atom stereocenters. The summed E-state index contributed by atoms with van der Waals surface area (Å²) in [6, 6.07) is 9.06. The molecule has 5 heteroatoms. The Morgan fingerprint density at radius 2 is 1.67 bits per heavy atom. The molecule has 0 spiro atoms. The number of quaternary nitrogens is 1. The van der Waals surface area contributed by atoms with Crippen LogP contribution in [0.2, 0.25) is 0 Å². The average Bonchev–Trinajstić information content (AvgIpc) is 2.52. The molecule has 0 amide bonds. The quantitative estimate of drug-likeness (QED) is 0.389. The van der Waals surface area contributed by atoms with Crippen molar-refractivity contribution in [3.05, 3.63) is 35.9 Å². The van der Waals surface area contributed by atoms with Gasteiger partial charge in [-0.2, -0.15) is 0 Å². The fraction of sp³-hybridized carbons (Fsp3) is 0.562. The van der Waals surface area contributed by atoms with Crippen molar-refractivity contribution in [3.63, 3.8) is 0 Å². The van der Waals surface area contributed by atoms with E-state index >= 15 is 0 Å². The van der Waals surface area contributed by atoms with Gasteiger partial charge in [0, 0.05) is 0 Å². The normalized spacial score (nSPS) is 12.4. The number of benzene rings is 1. The first-order valence-electron chi connectivity index (χ1n) is 7.27. The van der Waals surface area contributed by atoms with Crippen LogP contribution in [0.15, 0.2) is 30.3 Å². The molecule has 0 saturated carbocycles. The Morgan fingerprint density at radius 3 is 2.10 bits per heavy atom. The number of carbonyl (C=O) groups excluding carboxylic acids is 1. The van der Waals surface area contributed by atoms with Crippen LogP contribution in [0.1, 0.15) is 31.1 Å². The van der Waals surface area contributed by atoms with E-state index < -0.39 is 0 Å². The molecule has 0 aromatic heterocycles. The molecule has 1 aromatic rings. The minimum Gasteiger partial charge on any atom is -1.00 e. The number of alkyl halides is 1. The molecule has 0 saturated heterocycles. The van der Waals surface area contributed by atoms with Gasteiger partial charge >= 0.3 is 5.97 Å². The van der Waals surface area contributed by atoms with Crippen molar-refractivity contribution >= 4 is 17.6 Å². The second-order valence-electron chi connectivity index (χ2n) is 5.02. The van der Waals surface area contributed by atoms with Crippen molar-refractivity contribution in [2.24, 2.45) is 0 Å². The number of halogens is 2. The standard InChI is InChI=1S/C16H25ClNO2.ClH/c1-4-18(5-2,6-3)13-15(12-17)20-16(19)14-10-8-7-9-11-14;/h7-11,15H,4-6,12-13H2,1-3H3;1H/q+1;/p-1. The zero-order valence-electron chi connectivity index (χ0n) is 13.0. The van der Waals surface area contributed by atoms with Crippen LogP contribution >= 0.6 is 11.6 Å². The molecule has 0 radical (unpaired) electrons. The van der Waals surface area contributed by atoms with Crippen LogP contribution in [-0.2, 0) is 4.74 Å². The number of esters is 1. The maximum absolute atomic E-state index is 12.1. The topological polar surface area (TPSA) is 26.3 Å². The maximum atomic E-state index is 12.1.